The van der Waals surface area contributed by atoms with E-state index in [1.807, 2.05) is 66.7 Å². The van der Waals surface area contributed by atoms with E-state index in [-0.39, 0.29) is 17.9 Å². The normalized spacial score (nSPS) is 13.0. The number of rotatable bonds is 7. The van der Waals surface area contributed by atoms with E-state index in [0.717, 1.165) is 36.2 Å². The van der Waals surface area contributed by atoms with Crippen LogP contribution in [0.15, 0.2) is 18.2 Å². The summed E-state index contributed by atoms with van der Waals surface area (Å²) in [6.07, 6.45) is 0.637. The van der Waals surface area contributed by atoms with Crippen LogP contribution in [0.3, 0.4) is 0 Å². The van der Waals surface area contributed by atoms with Crippen LogP contribution in [0, 0.1) is 0 Å². The van der Waals surface area contributed by atoms with E-state index in [2.05, 4.69) is 10.6 Å². The van der Waals surface area contributed by atoms with Crippen molar-refractivity contribution in [2.24, 2.45) is 0 Å². The van der Waals surface area contributed by atoms with Crippen molar-refractivity contribution in [3.05, 3.63) is 34.2 Å². The van der Waals surface area contributed by atoms with Crippen LogP contribution in [-0.4, -0.2) is 71.5 Å². The van der Waals surface area contributed by atoms with Gasteiger partial charge in [0.05, 0.1) is 16.8 Å². The number of anilines is 1. The number of ether oxygens (including phenoxy) is 1. The van der Waals surface area contributed by atoms with E-state index in [1.165, 1.54) is 22.7 Å². The zero-order valence-electron chi connectivity index (χ0n) is 25.6. The molecule has 3 amide bonds. The molecule has 9 nitrogen and oxygen atoms in total. The lowest BCUT2D eigenvalue weighted by Gasteiger charge is -2.30. The monoisotopic (exact) mass is 601 g/mol. The van der Waals surface area contributed by atoms with Gasteiger partial charge in [-0.25, -0.2) is 9.78 Å². The molecule has 3 heterocycles. The van der Waals surface area contributed by atoms with Crippen LogP contribution in [0.4, 0.5) is 9.80 Å². The van der Waals surface area contributed by atoms with Gasteiger partial charge in [0.2, 0.25) is 5.91 Å². The summed E-state index contributed by atoms with van der Waals surface area (Å²) in [5.74, 6) is -0.156. The summed E-state index contributed by atoms with van der Waals surface area (Å²) >= 11 is 3.03. The molecule has 1 aliphatic rings. The number of thiophene rings is 1. The minimum absolute atomic E-state index is 0.0769. The highest BCUT2D eigenvalue weighted by atomic mass is 32.1. The summed E-state index contributed by atoms with van der Waals surface area (Å²) in [5.41, 5.74) is 2.75. The van der Waals surface area contributed by atoms with Crippen LogP contribution in [0.1, 0.15) is 75.7 Å². The Labute approximate surface area is 251 Å². The molecule has 2 N–H and O–H groups in total. The van der Waals surface area contributed by atoms with Crippen molar-refractivity contribution in [2.45, 2.75) is 79.5 Å². The van der Waals surface area contributed by atoms with Gasteiger partial charge in [0, 0.05) is 55.7 Å². The Hall–Kier alpha value is -3.02. The fraction of sp³-hybridized carbons (Fsp3) is 0.533. The zero-order chi connectivity index (χ0) is 30.5. The van der Waals surface area contributed by atoms with Crippen molar-refractivity contribution in [2.75, 3.05) is 32.5 Å². The summed E-state index contributed by atoms with van der Waals surface area (Å²) in [7, 11) is 3.45. The first-order chi connectivity index (χ1) is 19.3. The van der Waals surface area contributed by atoms with E-state index in [1.54, 1.807) is 23.9 Å². The third-order valence-corrected chi connectivity index (χ3v) is 8.31. The maximum absolute atomic E-state index is 12.9. The Morgan fingerprint density at radius 2 is 1.85 bits per heavy atom. The van der Waals surface area contributed by atoms with Gasteiger partial charge in [0.1, 0.15) is 15.6 Å². The zero-order valence-corrected chi connectivity index (χ0v) is 27.3. The van der Waals surface area contributed by atoms with E-state index in [9.17, 15) is 14.4 Å². The molecule has 0 spiro atoms. The first kappa shape index (κ1) is 32.5. The van der Waals surface area contributed by atoms with Gasteiger partial charge in [0.25, 0.3) is 5.91 Å². The number of benzene rings is 1. The molecule has 0 unspecified atom stereocenters. The molecule has 0 atom stereocenters. The molecule has 3 aromatic rings. The van der Waals surface area contributed by atoms with Crippen molar-refractivity contribution in [3.8, 4) is 10.6 Å². The average molecular weight is 602 g/mol. The van der Waals surface area contributed by atoms with Crippen molar-refractivity contribution in [1.82, 2.24) is 20.1 Å². The lowest BCUT2D eigenvalue weighted by Crippen LogP contribution is -2.39. The minimum atomic E-state index is -0.574. The standard InChI is InChI=1S/C28H37N5O4S2.C2H6/c1-16(2)29-12-10-22(34)31-25-23(18-11-13-33(15-21(18)39-25)27(36)37-28(3,4)5)24-30-19-14-17(26(35)32(6)7)8-9-20(19)38-24;1-2/h8-9,14,16,29H,10-13,15H2,1-7H3,(H,31,34);1-2H3. The van der Waals surface area contributed by atoms with Gasteiger partial charge in [-0.15, -0.1) is 22.7 Å². The number of nitrogens with zero attached hydrogens (tertiary/aromatic N) is 3. The van der Waals surface area contributed by atoms with Crippen molar-refractivity contribution < 1.29 is 19.1 Å². The van der Waals surface area contributed by atoms with Gasteiger partial charge in [0.15, 0.2) is 0 Å². The Morgan fingerprint density at radius 1 is 1.15 bits per heavy atom. The van der Waals surface area contributed by atoms with Gasteiger partial charge in [-0.1, -0.05) is 27.7 Å². The molecular formula is C30H43N5O4S2. The number of hydrogen-bond donors (Lipinski definition) is 2. The number of carbonyl (C=O) groups excluding carboxylic acids is 3. The maximum atomic E-state index is 12.9. The third-order valence-electron chi connectivity index (χ3n) is 6.12. The fourth-order valence-electron chi connectivity index (χ4n) is 4.29. The smallest absolute Gasteiger partial charge is 0.410 e. The highest BCUT2D eigenvalue weighted by molar-refractivity contribution is 7.23. The second kappa shape index (κ2) is 13.8. The first-order valence-corrected chi connectivity index (χ1v) is 15.7. The highest BCUT2D eigenvalue weighted by Gasteiger charge is 2.31. The van der Waals surface area contributed by atoms with Crippen LogP contribution in [0.5, 0.6) is 0 Å². The minimum Gasteiger partial charge on any atom is -0.444 e. The lowest BCUT2D eigenvalue weighted by molar-refractivity contribution is -0.116. The van der Waals surface area contributed by atoms with Gasteiger partial charge in [-0.2, -0.15) is 0 Å². The summed E-state index contributed by atoms with van der Waals surface area (Å²) in [4.78, 5) is 47.3. The Kier molecular flexibility index (Phi) is 10.9. The molecule has 0 radical (unpaired) electrons. The van der Waals surface area contributed by atoms with Crippen LogP contribution < -0.4 is 10.6 Å². The van der Waals surface area contributed by atoms with E-state index in [4.69, 9.17) is 9.72 Å². The fourth-order valence-corrected chi connectivity index (χ4v) is 6.66. The second-order valence-electron chi connectivity index (χ2n) is 11.2. The summed E-state index contributed by atoms with van der Waals surface area (Å²) in [5, 5.41) is 7.93. The summed E-state index contributed by atoms with van der Waals surface area (Å²) in [6, 6.07) is 5.86. The number of aromatic nitrogens is 1. The quantitative estimate of drug-likeness (QED) is 0.326. The summed E-state index contributed by atoms with van der Waals surface area (Å²) in [6.45, 7) is 15.2. The molecule has 41 heavy (non-hydrogen) atoms. The first-order valence-electron chi connectivity index (χ1n) is 14.1. The molecule has 0 saturated carbocycles. The lowest BCUT2D eigenvalue weighted by atomic mass is 10.0. The predicted molar refractivity (Wildman–Crippen MR) is 169 cm³/mol. The van der Waals surface area contributed by atoms with Crippen LogP contribution in [0.2, 0.25) is 0 Å². The second-order valence-corrected chi connectivity index (χ2v) is 13.3. The van der Waals surface area contributed by atoms with Crippen molar-refractivity contribution in [1.29, 1.82) is 0 Å². The predicted octanol–water partition coefficient (Wildman–Crippen LogP) is 6.37. The van der Waals surface area contributed by atoms with Crippen molar-refractivity contribution >= 4 is 55.8 Å². The number of carbonyl (C=O) groups is 3. The summed E-state index contributed by atoms with van der Waals surface area (Å²) < 4.78 is 6.57. The van der Waals surface area contributed by atoms with Gasteiger partial charge >= 0.3 is 6.09 Å². The molecule has 11 heteroatoms. The van der Waals surface area contributed by atoms with Gasteiger partial charge in [-0.3, -0.25) is 9.59 Å². The molecule has 0 aliphatic carbocycles. The topological polar surface area (TPSA) is 104 Å². The SMILES string of the molecule is CC.CC(C)NCCC(=O)Nc1sc2c(c1-c1nc3cc(C(=O)N(C)C)ccc3s1)CCN(C(=O)OC(C)(C)C)C2. The molecule has 0 fully saturated rings. The molecule has 4 rings (SSSR count). The molecule has 0 bridgehead atoms. The largest absolute Gasteiger partial charge is 0.444 e. The molecule has 1 aromatic carbocycles. The van der Waals surface area contributed by atoms with E-state index in [0.29, 0.717) is 44.1 Å². The molecular weight excluding hydrogens is 558 g/mol. The van der Waals surface area contributed by atoms with Crippen LogP contribution >= 0.6 is 22.7 Å². The number of amides is 3. The van der Waals surface area contributed by atoms with Crippen molar-refractivity contribution in [3.63, 3.8) is 0 Å². The van der Waals surface area contributed by atoms with Gasteiger partial charge < -0.3 is 25.2 Å². The number of fused-ring (bicyclic) bond motifs is 2. The molecule has 1 aliphatic heterocycles. The van der Waals surface area contributed by atoms with Crippen LogP contribution in [-0.2, 0) is 22.5 Å². The molecule has 224 valence electrons. The molecule has 0 saturated heterocycles. The molecule has 2 aromatic heterocycles. The Morgan fingerprint density at radius 3 is 2.49 bits per heavy atom. The average Bonchev–Trinajstić information content (AvgIpc) is 3.47. The highest BCUT2D eigenvalue weighted by Crippen LogP contribution is 2.46. The Bertz CT molecular complexity index is 1390. The number of thiazole rings is 1. The van der Waals surface area contributed by atoms with E-state index >= 15 is 0 Å². The van der Waals surface area contributed by atoms with Crippen LogP contribution in [0.25, 0.3) is 20.8 Å². The number of hydrogen-bond acceptors (Lipinski definition) is 8. The Balaban J connectivity index is 0.00000226. The van der Waals surface area contributed by atoms with Gasteiger partial charge in [-0.05, 0) is 51.0 Å². The maximum Gasteiger partial charge on any atom is 0.410 e. The number of nitrogens with one attached hydrogen (secondary N) is 2. The van der Waals surface area contributed by atoms with E-state index < -0.39 is 5.60 Å². The third kappa shape index (κ3) is 8.27.